The lowest BCUT2D eigenvalue weighted by molar-refractivity contribution is 0.322. The quantitative estimate of drug-likeness (QED) is 0.853. The number of halogens is 2. The molecule has 0 aliphatic carbocycles. The fraction of sp³-hybridized carbons (Fsp3) is 0.143. The fourth-order valence-electron chi connectivity index (χ4n) is 1.58. The van der Waals surface area contributed by atoms with Crippen LogP contribution in [-0.2, 0) is 6.42 Å². The number of anilines is 1. The zero-order chi connectivity index (χ0) is 13.0. The van der Waals surface area contributed by atoms with Crippen molar-refractivity contribution in [2.45, 2.75) is 6.42 Å². The molecule has 2 N–H and O–H groups in total. The van der Waals surface area contributed by atoms with E-state index in [1.165, 1.54) is 5.56 Å². The van der Waals surface area contributed by atoms with Gasteiger partial charge in [0.15, 0.2) is 0 Å². The first kappa shape index (κ1) is 13.1. The average molecular weight is 282 g/mol. The molecule has 0 aliphatic heterocycles. The second kappa shape index (κ2) is 5.98. The first-order valence-electron chi connectivity index (χ1n) is 5.57. The van der Waals surface area contributed by atoms with Crippen LogP contribution in [-0.4, -0.2) is 6.61 Å². The average Bonchev–Trinajstić information content (AvgIpc) is 2.30. The third kappa shape index (κ3) is 3.83. The van der Waals surface area contributed by atoms with Gasteiger partial charge in [-0.3, -0.25) is 0 Å². The molecule has 2 aromatic carbocycles. The van der Waals surface area contributed by atoms with E-state index in [4.69, 9.17) is 33.7 Å². The number of nitrogens with two attached hydrogens (primary N) is 1. The summed E-state index contributed by atoms with van der Waals surface area (Å²) in [4.78, 5) is 0. The van der Waals surface area contributed by atoms with Crippen molar-refractivity contribution in [3.8, 4) is 5.75 Å². The lowest BCUT2D eigenvalue weighted by atomic mass is 10.1. The molecule has 0 radical (unpaired) electrons. The van der Waals surface area contributed by atoms with E-state index in [9.17, 15) is 0 Å². The molecule has 0 fully saturated rings. The summed E-state index contributed by atoms with van der Waals surface area (Å²) in [6.07, 6.45) is 0.810. The van der Waals surface area contributed by atoms with Crippen LogP contribution in [0.5, 0.6) is 5.75 Å². The predicted octanol–water partition coefficient (Wildman–Crippen LogP) is 4.20. The number of hydrogen-bond donors (Lipinski definition) is 1. The summed E-state index contributed by atoms with van der Waals surface area (Å²) < 4.78 is 5.60. The lowest BCUT2D eigenvalue weighted by Crippen LogP contribution is -2.01. The smallest absolute Gasteiger partial charge is 0.122 e. The Kier molecular flexibility index (Phi) is 4.34. The fourth-order valence-corrected chi connectivity index (χ4v) is 2.09. The topological polar surface area (TPSA) is 35.2 Å². The van der Waals surface area contributed by atoms with Crippen LogP contribution in [0.2, 0.25) is 10.0 Å². The predicted molar refractivity (Wildman–Crippen MR) is 76.5 cm³/mol. The third-order valence-electron chi connectivity index (χ3n) is 2.48. The summed E-state index contributed by atoms with van der Waals surface area (Å²) in [6.45, 7) is 0.570. The summed E-state index contributed by atoms with van der Waals surface area (Å²) in [6, 6.07) is 12.9. The standard InChI is InChI=1S/C14H13Cl2NO/c15-11-7-12(16)9-14(8-11)18-6-5-10-1-3-13(17)4-2-10/h1-4,7-9H,5-6,17H2. The number of hydrogen-bond acceptors (Lipinski definition) is 2. The van der Waals surface area contributed by atoms with Crippen molar-refractivity contribution in [2.24, 2.45) is 0 Å². The Morgan fingerprint density at radius 2 is 1.56 bits per heavy atom. The van der Waals surface area contributed by atoms with Gasteiger partial charge in [0.05, 0.1) is 6.61 Å². The van der Waals surface area contributed by atoms with Gasteiger partial charge >= 0.3 is 0 Å². The Bertz CT molecular complexity index is 506. The highest BCUT2D eigenvalue weighted by molar-refractivity contribution is 6.34. The summed E-state index contributed by atoms with van der Waals surface area (Å²) in [7, 11) is 0. The van der Waals surface area contributed by atoms with Gasteiger partial charge in [-0.25, -0.2) is 0 Å². The highest BCUT2D eigenvalue weighted by Gasteiger charge is 2.00. The molecule has 0 aromatic heterocycles. The Hall–Kier alpha value is -1.38. The van der Waals surface area contributed by atoms with Crippen LogP contribution in [0.25, 0.3) is 0 Å². The van der Waals surface area contributed by atoms with E-state index in [1.54, 1.807) is 18.2 Å². The number of ether oxygens (including phenoxy) is 1. The van der Waals surface area contributed by atoms with E-state index in [0.717, 1.165) is 12.1 Å². The van der Waals surface area contributed by atoms with Crippen molar-refractivity contribution in [1.29, 1.82) is 0 Å². The van der Waals surface area contributed by atoms with Gasteiger partial charge in [0, 0.05) is 22.2 Å². The largest absolute Gasteiger partial charge is 0.493 e. The van der Waals surface area contributed by atoms with Crippen molar-refractivity contribution < 1.29 is 4.74 Å². The molecule has 0 amide bonds. The zero-order valence-electron chi connectivity index (χ0n) is 9.70. The third-order valence-corrected chi connectivity index (χ3v) is 2.91. The van der Waals surface area contributed by atoms with Crippen LogP contribution in [0.1, 0.15) is 5.56 Å². The molecule has 0 spiro atoms. The SMILES string of the molecule is Nc1ccc(CCOc2cc(Cl)cc(Cl)c2)cc1. The molecule has 0 bridgehead atoms. The maximum Gasteiger partial charge on any atom is 0.122 e. The molecular formula is C14H13Cl2NO. The normalized spacial score (nSPS) is 10.3. The van der Waals surface area contributed by atoms with Crippen LogP contribution in [0.4, 0.5) is 5.69 Å². The van der Waals surface area contributed by atoms with Crippen molar-refractivity contribution >= 4 is 28.9 Å². The Morgan fingerprint density at radius 1 is 0.944 bits per heavy atom. The maximum absolute atomic E-state index is 5.89. The van der Waals surface area contributed by atoms with Crippen LogP contribution < -0.4 is 10.5 Å². The number of benzene rings is 2. The summed E-state index contributed by atoms with van der Waals surface area (Å²) >= 11 is 11.8. The molecule has 0 unspecified atom stereocenters. The first-order chi connectivity index (χ1) is 8.63. The molecule has 2 rings (SSSR count). The van der Waals surface area contributed by atoms with Crippen molar-refractivity contribution in [1.82, 2.24) is 0 Å². The van der Waals surface area contributed by atoms with Crippen LogP contribution in [0, 0.1) is 0 Å². The molecule has 94 valence electrons. The van der Waals surface area contributed by atoms with Gasteiger partial charge in [-0.2, -0.15) is 0 Å². The summed E-state index contributed by atoms with van der Waals surface area (Å²) in [5.74, 6) is 0.683. The molecular weight excluding hydrogens is 269 g/mol. The van der Waals surface area contributed by atoms with E-state index < -0.39 is 0 Å². The van der Waals surface area contributed by atoms with E-state index >= 15 is 0 Å². The Balaban J connectivity index is 1.90. The molecule has 0 saturated heterocycles. The molecule has 4 heteroatoms. The molecule has 2 nitrogen and oxygen atoms in total. The van der Waals surface area contributed by atoms with Crippen LogP contribution in [0.15, 0.2) is 42.5 Å². The van der Waals surface area contributed by atoms with E-state index in [0.29, 0.717) is 22.4 Å². The minimum atomic E-state index is 0.570. The maximum atomic E-state index is 5.89. The van der Waals surface area contributed by atoms with Gasteiger partial charge in [-0.15, -0.1) is 0 Å². The van der Waals surface area contributed by atoms with Gasteiger partial charge in [0.1, 0.15) is 5.75 Å². The number of nitrogen functional groups attached to an aromatic ring is 1. The second-order valence-electron chi connectivity index (χ2n) is 3.95. The zero-order valence-corrected chi connectivity index (χ0v) is 11.2. The van der Waals surface area contributed by atoms with Gasteiger partial charge in [-0.05, 0) is 35.9 Å². The molecule has 18 heavy (non-hydrogen) atoms. The second-order valence-corrected chi connectivity index (χ2v) is 4.82. The molecule has 0 aliphatic rings. The molecule has 0 saturated carbocycles. The molecule has 0 heterocycles. The minimum Gasteiger partial charge on any atom is -0.493 e. The Morgan fingerprint density at radius 3 is 2.17 bits per heavy atom. The van der Waals surface area contributed by atoms with E-state index in [-0.39, 0.29) is 0 Å². The van der Waals surface area contributed by atoms with Gasteiger partial charge in [0.25, 0.3) is 0 Å². The Labute approximate surface area is 116 Å². The number of rotatable bonds is 4. The molecule has 2 aromatic rings. The minimum absolute atomic E-state index is 0.570. The van der Waals surface area contributed by atoms with Crippen LogP contribution in [0.3, 0.4) is 0 Å². The first-order valence-corrected chi connectivity index (χ1v) is 6.32. The summed E-state index contributed by atoms with van der Waals surface area (Å²) in [5, 5.41) is 1.15. The van der Waals surface area contributed by atoms with Gasteiger partial charge in [-0.1, -0.05) is 35.3 Å². The monoisotopic (exact) mass is 281 g/mol. The van der Waals surface area contributed by atoms with Crippen molar-refractivity contribution in [3.05, 3.63) is 58.1 Å². The molecule has 0 atom stereocenters. The highest BCUT2D eigenvalue weighted by atomic mass is 35.5. The summed E-state index contributed by atoms with van der Waals surface area (Å²) in [5.41, 5.74) is 7.56. The van der Waals surface area contributed by atoms with Crippen molar-refractivity contribution in [2.75, 3.05) is 12.3 Å². The van der Waals surface area contributed by atoms with E-state index in [2.05, 4.69) is 0 Å². The highest BCUT2D eigenvalue weighted by Crippen LogP contribution is 2.24. The van der Waals surface area contributed by atoms with Crippen LogP contribution >= 0.6 is 23.2 Å². The van der Waals surface area contributed by atoms with Crippen molar-refractivity contribution in [3.63, 3.8) is 0 Å². The van der Waals surface area contributed by atoms with Gasteiger partial charge in [0.2, 0.25) is 0 Å². The van der Waals surface area contributed by atoms with Gasteiger partial charge < -0.3 is 10.5 Å². The van der Waals surface area contributed by atoms with E-state index in [1.807, 2.05) is 24.3 Å². The lowest BCUT2D eigenvalue weighted by Gasteiger charge is -2.07.